The van der Waals surface area contributed by atoms with Crippen LogP contribution in [-0.4, -0.2) is 60.1 Å². The second-order valence-corrected chi connectivity index (χ2v) is 7.52. The maximum absolute atomic E-state index is 12.2. The molecule has 0 saturated carbocycles. The molecular formula is C19H26N8O2. The van der Waals surface area contributed by atoms with E-state index in [2.05, 4.69) is 30.4 Å². The number of aromatic amines is 1. The Hall–Kier alpha value is -3.01. The molecule has 1 unspecified atom stereocenters. The number of nitrogens with one attached hydrogen (secondary N) is 2. The van der Waals surface area contributed by atoms with Crippen molar-refractivity contribution in [3.63, 3.8) is 0 Å². The lowest BCUT2D eigenvalue weighted by molar-refractivity contribution is 0.147. The van der Waals surface area contributed by atoms with Gasteiger partial charge in [-0.2, -0.15) is 15.2 Å². The van der Waals surface area contributed by atoms with Crippen LogP contribution in [-0.2, 0) is 13.6 Å². The van der Waals surface area contributed by atoms with Crippen molar-refractivity contribution in [2.24, 2.45) is 7.05 Å². The summed E-state index contributed by atoms with van der Waals surface area (Å²) >= 11 is 0. The Morgan fingerprint density at radius 2 is 2.10 bits per heavy atom. The van der Waals surface area contributed by atoms with Crippen molar-refractivity contribution in [2.45, 2.75) is 38.8 Å². The van der Waals surface area contributed by atoms with Gasteiger partial charge in [0.05, 0.1) is 18.4 Å². The first-order chi connectivity index (χ1) is 14.0. The SMILES string of the molecule is Cc1ccc(=O)n(CCN2CCCCC2CNc2nc3c(cnn3C)c(=O)[nH]2)n1. The average molecular weight is 398 g/mol. The van der Waals surface area contributed by atoms with E-state index in [4.69, 9.17) is 0 Å². The molecule has 1 atom stereocenters. The lowest BCUT2D eigenvalue weighted by Gasteiger charge is -2.35. The number of hydrogen-bond donors (Lipinski definition) is 2. The summed E-state index contributed by atoms with van der Waals surface area (Å²) in [6.07, 6.45) is 4.88. The minimum Gasteiger partial charge on any atom is -0.354 e. The third-order valence-electron chi connectivity index (χ3n) is 5.45. The molecule has 0 bridgehead atoms. The van der Waals surface area contributed by atoms with Crippen LogP contribution in [0.25, 0.3) is 11.0 Å². The third kappa shape index (κ3) is 4.21. The molecule has 1 saturated heterocycles. The van der Waals surface area contributed by atoms with Crippen LogP contribution in [0.3, 0.4) is 0 Å². The standard InChI is InChI=1S/C19H26N8O2/c1-13-6-7-16(28)27(24-13)10-9-26-8-4-3-5-14(26)11-20-19-22-17-15(18(29)23-19)12-21-25(17)2/h6-7,12,14H,3-5,8-11H2,1-2H3,(H2,20,22,23,29). The highest BCUT2D eigenvalue weighted by molar-refractivity contribution is 5.74. The quantitative estimate of drug-likeness (QED) is 0.621. The minimum atomic E-state index is -0.198. The predicted octanol–water partition coefficient (Wildman–Crippen LogP) is 0.488. The van der Waals surface area contributed by atoms with E-state index in [1.54, 1.807) is 23.9 Å². The summed E-state index contributed by atoms with van der Waals surface area (Å²) in [5.74, 6) is 0.452. The molecule has 10 nitrogen and oxygen atoms in total. The highest BCUT2D eigenvalue weighted by atomic mass is 16.1. The molecule has 10 heteroatoms. The van der Waals surface area contributed by atoms with Gasteiger partial charge in [-0.05, 0) is 32.4 Å². The van der Waals surface area contributed by atoms with Crippen LogP contribution in [0, 0.1) is 6.92 Å². The predicted molar refractivity (Wildman–Crippen MR) is 110 cm³/mol. The number of H-pyrrole nitrogens is 1. The second-order valence-electron chi connectivity index (χ2n) is 7.52. The Balaban J connectivity index is 1.43. The lowest BCUT2D eigenvalue weighted by Crippen LogP contribution is -2.46. The third-order valence-corrected chi connectivity index (χ3v) is 5.45. The highest BCUT2D eigenvalue weighted by Gasteiger charge is 2.22. The van der Waals surface area contributed by atoms with Crippen LogP contribution in [0.2, 0.25) is 0 Å². The average Bonchev–Trinajstić information content (AvgIpc) is 3.09. The fourth-order valence-corrected chi connectivity index (χ4v) is 3.85. The largest absolute Gasteiger partial charge is 0.354 e. The summed E-state index contributed by atoms with van der Waals surface area (Å²) in [6.45, 7) is 4.86. The van der Waals surface area contributed by atoms with Gasteiger partial charge in [0.15, 0.2) is 5.65 Å². The normalized spacial score (nSPS) is 17.7. The van der Waals surface area contributed by atoms with Crippen molar-refractivity contribution in [2.75, 3.05) is 25.0 Å². The number of aromatic nitrogens is 6. The van der Waals surface area contributed by atoms with Crippen molar-refractivity contribution in [1.29, 1.82) is 0 Å². The van der Waals surface area contributed by atoms with E-state index in [9.17, 15) is 9.59 Å². The van der Waals surface area contributed by atoms with Gasteiger partial charge < -0.3 is 5.32 Å². The molecule has 1 aliphatic heterocycles. The Kier molecular flexibility index (Phi) is 5.43. The summed E-state index contributed by atoms with van der Waals surface area (Å²) in [7, 11) is 1.77. The van der Waals surface area contributed by atoms with Crippen LogP contribution in [0.15, 0.2) is 27.9 Å². The van der Waals surface area contributed by atoms with Gasteiger partial charge in [-0.3, -0.25) is 24.2 Å². The topological polar surface area (TPSA) is 114 Å². The van der Waals surface area contributed by atoms with E-state index in [1.807, 2.05) is 6.92 Å². The van der Waals surface area contributed by atoms with Gasteiger partial charge in [0.2, 0.25) is 5.95 Å². The molecule has 154 valence electrons. The molecule has 1 fully saturated rings. The first-order valence-electron chi connectivity index (χ1n) is 9.96. The summed E-state index contributed by atoms with van der Waals surface area (Å²) in [5, 5.41) is 12.2. The van der Waals surface area contributed by atoms with Gasteiger partial charge in [-0.1, -0.05) is 6.42 Å². The fourth-order valence-electron chi connectivity index (χ4n) is 3.85. The van der Waals surface area contributed by atoms with E-state index < -0.39 is 0 Å². The first kappa shape index (κ1) is 19.3. The molecular weight excluding hydrogens is 372 g/mol. The number of aryl methyl sites for hydroxylation is 2. The smallest absolute Gasteiger partial charge is 0.266 e. The van der Waals surface area contributed by atoms with Crippen molar-refractivity contribution in [3.05, 3.63) is 44.7 Å². The number of hydrogen-bond acceptors (Lipinski definition) is 7. The monoisotopic (exact) mass is 398 g/mol. The highest BCUT2D eigenvalue weighted by Crippen LogP contribution is 2.17. The minimum absolute atomic E-state index is 0.0754. The van der Waals surface area contributed by atoms with E-state index in [1.165, 1.54) is 10.9 Å². The van der Waals surface area contributed by atoms with Crippen molar-refractivity contribution in [3.8, 4) is 0 Å². The molecule has 2 N–H and O–H groups in total. The molecule has 4 rings (SSSR count). The molecule has 0 aliphatic carbocycles. The number of piperidine rings is 1. The summed E-state index contributed by atoms with van der Waals surface area (Å²) in [4.78, 5) is 33.9. The van der Waals surface area contributed by atoms with Crippen LogP contribution >= 0.6 is 0 Å². The lowest BCUT2D eigenvalue weighted by atomic mass is 10.0. The molecule has 0 radical (unpaired) electrons. The van der Waals surface area contributed by atoms with Crippen molar-refractivity contribution >= 4 is 17.0 Å². The van der Waals surface area contributed by atoms with E-state index >= 15 is 0 Å². The molecule has 3 aromatic rings. The number of nitrogens with zero attached hydrogens (tertiary/aromatic N) is 6. The number of anilines is 1. The Morgan fingerprint density at radius 1 is 1.24 bits per heavy atom. The summed E-state index contributed by atoms with van der Waals surface area (Å²) in [6, 6.07) is 3.60. The van der Waals surface area contributed by atoms with Gasteiger partial charge in [0, 0.05) is 32.2 Å². The zero-order valence-corrected chi connectivity index (χ0v) is 16.8. The second kappa shape index (κ2) is 8.16. The summed E-state index contributed by atoms with van der Waals surface area (Å²) in [5.41, 5.74) is 1.12. The van der Waals surface area contributed by atoms with E-state index in [0.717, 1.165) is 38.0 Å². The van der Waals surface area contributed by atoms with Gasteiger partial charge in [-0.25, -0.2) is 4.68 Å². The molecule has 1 aliphatic rings. The molecule has 4 heterocycles. The first-order valence-corrected chi connectivity index (χ1v) is 9.96. The van der Waals surface area contributed by atoms with Gasteiger partial charge >= 0.3 is 0 Å². The van der Waals surface area contributed by atoms with Gasteiger partial charge in [-0.15, -0.1) is 0 Å². The molecule has 0 amide bonds. The maximum atomic E-state index is 12.2. The number of likely N-dealkylation sites (tertiary alicyclic amines) is 1. The molecule has 3 aromatic heterocycles. The Labute approximate surface area is 167 Å². The van der Waals surface area contributed by atoms with Crippen LogP contribution < -0.4 is 16.4 Å². The summed E-state index contributed by atoms with van der Waals surface area (Å²) < 4.78 is 3.12. The van der Waals surface area contributed by atoms with Crippen molar-refractivity contribution in [1.82, 2.24) is 34.4 Å². The fraction of sp³-hybridized carbons (Fsp3) is 0.526. The number of rotatable bonds is 6. The van der Waals surface area contributed by atoms with Crippen molar-refractivity contribution < 1.29 is 0 Å². The number of fused-ring (bicyclic) bond motifs is 1. The van der Waals surface area contributed by atoms with Gasteiger partial charge in [0.1, 0.15) is 5.39 Å². The Morgan fingerprint density at radius 3 is 2.97 bits per heavy atom. The van der Waals surface area contributed by atoms with Crippen LogP contribution in [0.4, 0.5) is 5.95 Å². The van der Waals surface area contributed by atoms with E-state index in [0.29, 0.717) is 36.1 Å². The maximum Gasteiger partial charge on any atom is 0.266 e. The van der Waals surface area contributed by atoms with Crippen LogP contribution in [0.5, 0.6) is 0 Å². The zero-order chi connectivity index (χ0) is 20.4. The molecule has 29 heavy (non-hydrogen) atoms. The molecule has 0 aromatic carbocycles. The zero-order valence-electron chi connectivity index (χ0n) is 16.8. The van der Waals surface area contributed by atoms with Crippen LogP contribution in [0.1, 0.15) is 25.0 Å². The Bertz CT molecular complexity index is 1120. The van der Waals surface area contributed by atoms with Gasteiger partial charge in [0.25, 0.3) is 11.1 Å². The molecule has 0 spiro atoms. The van der Waals surface area contributed by atoms with E-state index in [-0.39, 0.29) is 11.1 Å².